The quantitative estimate of drug-likeness (QED) is 0.120. The predicted molar refractivity (Wildman–Crippen MR) is 369 cm³/mol. The molecule has 12 aromatic rings. The Balaban J connectivity index is 0.000000112. The van der Waals surface area contributed by atoms with Crippen molar-refractivity contribution in [2.75, 3.05) is 54.4 Å². The van der Waals surface area contributed by atoms with Gasteiger partial charge in [0.2, 0.25) is 0 Å². The first kappa shape index (κ1) is 62.2. The van der Waals surface area contributed by atoms with Crippen molar-refractivity contribution in [2.45, 2.75) is 118 Å². The van der Waals surface area contributed by atoms with Gasteiger partial charge in [-0.05, 0) is 173 Å². The van der Waals surface area contributed by atoms with E-state index in [0.29, 0.717) is 0 Å². The molecule has 0 saturated heterocycles. The zero-order chi connectivity index (χ0) is 63.2. The van der Waals surface area contributed by atoms with Crippen molar-refractivity contribution in [3.05, 3.63) is 261 Å². The average molecular weight is 1230 g/mol. The molecular weight excluding hydrogens is 1140 g/mol. The predicted octanol–water partition coefficient (Wildman–Crippen LogP) is 14.0. The number of likely N-dealkylation sites (N-methyl/N-ethyl adjacent to an activating group) is 4. The second-order valence-corrected chi connectivity index (χ2v) is 26.0. The van der Waals surface area contributed by atoms with Crippen LogP contribution in [0.25, 0.3) is 43.6 Å². The lowest BCUT2D eigenvalue weighted by molar-refractivity contribution is 0.309. The molecule has 0 aliphatic carbocycles. The molecule has 0 N–H and O–H groups in total. The molecule has 0 unspecified atom stereocenters. The molecule has 4 aliphatic rings. The molecule has 16 rings (SSSR count). The summed E-state index contributed by atoms with van der Waals surface area (Å²) in [6, 6.07) is 45.0. The standard InChI is InChI=1S/C20H21FN2.C20H23N3.C19H20FN3.C19H22N4/c1-22-11-10-20-18(14-22)17-13-16(21)7-8-19(17)23(20)12-9-15-5-3-2-4-6-15;1-15-6-7-19-17(13-15)18-14-22(2)11-9-20(18)23(19)12-8-16-5-3-4-10-21-16;1-22-10-7-19-17(13-22)16-12-15(20)2-3-18(16)23(19)11-6-14-4-8-21-9-5-14;1-14-3-4-18-16(11-14)17-13-22(2)9-6-19(17)23(18)10-5-15-12-20-7-8-21-15/h2-8,13H,9-12,14H2,1H3;3-7,10,13H,8-9,11-12,14H2,1-2H3;2-5,8-9,12H,6-7,10-11,13H2,1H3;3-4,7-8,11-12H,5-6,9-10,13H2,1-2H3. The Bertz CT molecular complexity index is 3920. The van der Waals surface area contributed by atoms with Crippen LogP contribution >= 0.6 is 0 Å². The fourth-order valence-electron chi connectivity index (χ4n) is 14.7. The van der Waals surface area contributed by atoms with Crippen LogP contribution in [0.3, 0.4) is 0 Å². The van der Waals surface area contributed by atoms with Crippen molar-refractivity contribution in [3.63, 3.8) is 0 Å². The molecule has 5 aromatic carbocycles. The van der Waals surface area contributed by atoms with Crippen molar-refractivity contribution < 1.29 is 8.78 Å². The minimum Gasteiger partial charge on any atom is -0.344 e. The van der Waals surface area contributed by atoms with Gasteiger partial charge in [-0.2, -0.15) is 0 Å². The largest absolute Gasteiger partial charge is 0.344 e. The van der Waals surface area contributed by atoms with Crippen molar-refractivity contribution in [1.82, 2.24) is 57.8 Å². The zero-order valence-corrected chi connectivity index (χ0v) is 54.4. The third-order valence-electron chi connectivity index (χ3n) is 19.4. The lowest BCUT2D eigenvalue weighted by Gasteiger charge is -2.24. The van der Waals surface area contributed by atoms with Gasteiger partial charge in [0.25, 0.3) is 0 Å². The summed E-state index contributed by atoms with van der Waals surface area (Å²) in [4.78, 5) is 26.6. The van der Waals surface area contributed by atoms with Crippen molar-refractivity contribution in [3.8, 4) is 0 Å². The summed E-state index contributed by atoms with van der Waals surface area (Å²) < 4.78 is 37.3. The molecule has 11 heterocycles. The molecule has 0 bridgehead atoms. The summed E-state index contributed by atoms with van der Waals surface area (Å²) in [5.74, 6) is -0.298. The van der Waals surface area contributed by atoms with Crippen molar-refractivity contribution in [2.24, 2.45) is 0 Å². The molecule has 12 nitrogen and oxygen atoms in total. The maximum absolute atomic E-state index is 13.7. The lowest BCUT2D eigenvalue weighted by Crippen LogP contribution is -2.27. The van der Waals surface area contributed by atoms with Crippen LogP contribution in [0.4, 0.5) is 8.78 Å². The molecule has 0 amide bonds. The number of aromatic nitrogens is 8. The van der Waals surface area contributed by atoms with Gasteiger partial charge in [-0.15, -0.1) is 0 Å². The molecule has 472 valence electrons. The highest BCUT2D eigenvalue weighted by Gasteiger charge is 2.27. The number of rotatable bonds is 12. The van der Waals surface area contributed by atoms with Crippen LogP contribution < -0.4 is 0 Å². The Labute approximate surface area is 540 Å². The maximum Gasteiger partial charge on any atom is 0.123 e. The summed E-state index contributed by atoms with van der Waals surface area (Å²) in [7, 11) is 8.69. The van der Waals surface area contributed by atoms with Crippen LogP contribution in [0.2, 0.25) is 0 Å². The number of hydrogen-bond donors (Lipinski definition) is 0. The molecule has 0 spiro atoms. The van der Waals surface area contributed by atoms with Crippen molar-refractivity contribution in [1.29, 1.82) is 0 Å². The number of hydrogen-bond acceptors (Lipinski definition) is 8. The summed E-state index contributed by atoms with van der Waals surface area (Å²) in [6.45, 7) is 16.5. The van der Waals surface area contributed by atoms with Gasteiger partial charge < -0.3 is 37.9 Å². The van der Waals surface area contributed by atoms with E-state index in [0.717, 1.165) is 152 Å². The Morgan fingerprint density at radius 2 is 0.750 bits per heavy atom. The minimum atomic E-state index is -0.153. The highest BCUT2D eigenvalue weighted by atomic mass is 19.1. The highest BCUT2D eigenvalue weighted by Crippen LogP contribution is 2.36. The Morgan fingerprint density at radius 1 is 0.359 bits per heavy atom. The van der Waals surface area contributed by atoms with E-state index in [1.54, 1.807) is 36.7 Å². The van der Waals surface area contributed by atoms with Gasteiger partial charge in [0.05, 0.1) is 5.69 Å². The van der Waals surface area contributed by atoms with E-state index in [-0.39, 0.29) is 11.6 Å². The van der Waals surface area contributed by atoms with Gasteiger partial charge in [0, 0.05) is 226 Å². The number of halogens is 2. The fraction of sp³-hybridized carbons (Fsp3) is 0.333. The van der Waals surface area contributed by atoms with Crippen LogP contribution in [0.1, 0.15) is 78.7 Å². The van der Waals surface area contributed by atoms with Gasteiger partial charge >= 0.3 is 0 Å². The first-order chi connectivity index (χ1) is 44.9. The second kappa shape index (κ2) is 28.1. The zero-order valence-electron chi connectivity index (χ0n) is 54.4. The van der Waals surface area contributed by atoms with E-state index in [1.165, 1.54) is 100 Å². The molecule has 4 aliphatic heterocycles. The molecule has 0 saturated carbocycles. The van der Waals surface area contributed by atoms with Crippen LogP contribution in [0.15, 0.2) is 171 Å². The van der Waals surface area contributed by atoms with Gasteiger partial charge in [-0.3, -0.25) is 19.9 Å². The first-order valence-electron chi connectivity index (χ1n) is 33.0. The van der Waals surface area contributed by atoms with Crippen LogP contribution in [-0.4, -0.2) is 112 Å². The lowest BCUT2D eigenvalue weighted by atomic mass is 10.0. The molecule has 14 heteroatoms. The third-order valence-corrected chi connectivity index (χ3v) is 19.4. The Kier molecular flexibility index (Phi) is 19.0. The number of fused-ring (bicyclic) bond motifs is 12. The molecule has 0 fully saturated rings. The van der Waals surface area contributed by atoms with Crippen LogP contribution in [0.5, 0.6) is 0 Å². The summed E-state index contributed by atoms with van der Waals surface area (Å²) in [6.07, 6.45) is 19.1. The van der Waals surface area contributed by atoms with Crippen LogP contribution in [-0.2, 0) is 104 Å². The SMILES string of the molecule is CN1CCc2c(c3cc(F)ccc3n2CCc2ccccc2)C1.CN1CCc2c(c3cc(F)ccc3n2CCc2ccncc2)C1.Cc1ccc2c(c1)c1c(n2CCc2ccccn2)CCN(C)C1.Cc1ccc2c(c1)c1c(n2CCc2cnccn2)CCN(C)C1. The smallest absolute Gasteiger partial charge is 0.123 e. The van der Waals surface area contributed by atoms with E-state index in [1.807, 2.05) is 43.0 Å². The second-order valence-electron chi connectivity index (χ2n) is 26.0. The molecule has 92 heavy (non-hydrogen) atoms. The number of pyridine rings is 2. The van der Waals surface area contributed by atoms with Crippen LogP contribution in [0, 0.1) is 25.5 Å². The van der Waals surface area contributed by atoms with Gasteiger partial charge in [-0.25, -0.2) is 8.78 Å². The van der Waals surface area contributed by atoms with E-state index in [2.05, 4.69) is 191 Å². The molecule has 7 aromatic heterocycles. The van der Waals surface area contributed by atoms with E-state index in [9.17, 15) is 8.78 Å². The Morgan fingerprint density at radius 3 is 1.17 bits per heavy atom. The molecule has 0 atom stereocenters. The first-order valence-corrected chi connectivity index (χ1v) is 33.0. The fourth-order valence-corrected chi connectivity index (χ4v) is 14.7. The number of benzene rings is 5. The van der Waals surface area contributed by atoms with E-state index < -0.39 is 0 Å². The topological polar surface area (TPSA) is 84.2 Å². The highest BCUT2D eigenvalue weighted by molar-refractivity contribution is 5.89. The summed E-state index contributed by atoms with van der Waals surface area (Å²) >= 11 is 0. The normalized spacial score (nSPS) is 15.0. The summed E-state index contributed by atoms with van der Waals surface area (Å²) in [5, 5.41) is 5.01. The van der Waals surface area contributed by atoms with E-state index in [4.69, 9.17) is 0 Å². The number of aryl methyl sites for hydroxylation is 10. The average Bonchev–Trinajstić information content (AvgIpc) is 1.67. The molecular formula is C78H86F2N12. The van der Waals surface area contributed by atoms with Gasteiger partial charge in [0.1, 0.15) is 11.6 Å². The van der Waals surface area contributed by atoms with Gasteiger partial charge in [0.15, 0.2) is 0 Å². The third kappa shape index (κ3) is 13.8. The van der Waals surface area contributed by atoms with Gasteiger partial charge in [-0.1, -0.05) is 59.7 Å². The summed E-state index contributed by atoms with van der Waals surface area (Å²) in [5.41, 5.74) is 24.0. The minimum absolute atomic E-state index is 0.145. The Hall–Kier alpha value is -8.66. The molecule has 0 radical (unpaired) electrons. The maximum atomic E-state index is 13.7. The van der Waals surface area contributed by atoms with E-state index >= 15 is 0 Å². The van der Waals surface area contributed by atoms with Crippen molar-refractivity contribution >= 4 is 43.6 Å². The monoisotopic (exact) mass is 1230 g/mol. The number of nitrogens with zero attached hydrogens (tertiary/aromatic N) is 12.